The number of methoxy groups -OCH3 is 1. The van der Waals surface area contributed by atoms with E-state index in [-0.39, 0.29) is 11.6 Å². The molecule has 0 saturated carbocycles. The van der Waals surface area contributed by atoms with Crippen LogP contribution in [0, 0.1) is 0 Å². The lowest BCUT2D eigenvalue weighted by molar-refractivity contribution is 0.415. The molecule has 102 valence electrons. The van der Waals surface area contributed by atoms with E-state index in [1.807, 2.05) is 31.2 Å². The van der Waals surface area contributed by atoms with Gasteiger partial charge in [-0.15, -0.1) is 0 Å². The van der Waals surface area contributed by atoms with Crippen LogP contribution in [0.2, 0.25) is 0 Å². The van der Waals surface area contributed by atoms with Crippen molar-refractivity contribution in [3.8, 4) is 5.75 Å². The molecule has 2 aromatic rings. The third-order valence-corrected chi connectivity index (χ3v) is 3.55. The first-order chi connectivity index (χ1) is 8.94. The molecule has 1 aromatic carbocycles. The second-order valence-electron chi connectivity index (χ2n) is 5.38. The summed E-state index contributed by atoms with van der Waals surface area (Å²) in [4.78, 5) is 4.43. The van der Waals surface area contributed by atoms with Crippen LogP contribution in [0.25, 0.3) is 10.8 Å². The number of fused-ring (bicyclic) bond motifs is 1. The van der Waals surface area contributed by atoms with Gasteiger partial charge in [-0.3, -0.25) is 0 Å². The fourth-order valence-electron chi connectivity index (χ4n) is 1.79. The van der Waals surface area contributed by atoms with Crippen LogP contribution in [0.3, 0.4) is 0 Å². The summed E-state index contributed by atoms with van der Waals surface area (Å²) >= 11 is 0. The molecule has 0 aliphatic heterocycles. The number of hydrogen-bond donors (Lipinski definition) is 2. The molecule has 1 heterocycles. The molecule has 0 spiro atoms. The Balaban J connectivity index is 2.48. The Morgan fingerprint density at radius 1 is 1.32 bits per heavy atom. The molecule has 1 unspecified atom stereocenters. The van der Waals surface area contributed by atoms with Crippen molar-refractivity contribution in [1.82, 2.24) is 4.98 Å². The number of benzene rings is 1. The Labute approximate surface area is 114 Å². The van der Waals surface area contributed by atoms with Crippen LogP contribution in [-0.2, 0) is 0 Å². The summed E-state index contributed by atoms with van der Waals surface area (Å²) in [7, 11) is 1.66. The molecule has 0 bridgehead atoms. The summed E-state index contributed by atoms with van der Waals surface area (Å²) in [6.45, 7) is 6.12. The van der Waals surface area contributed by atoms with Gasteiger partial charge in [-0.05, 0) is 44.4 Å². The van der Waals surface area contributed by atoms with Gasteiger partial charge >= 0.3 is 0 Å². The summed E-state index contributed by atoms with van der Waals surface area (Å²) in [5.74, 6) is 1.65. The maximum absolute atomic E-state index is 6.00. The number of ether oxygens (including phenoxy) is 1. The third kappa shape index (κ3) is 2.79. The molecule has 0 aliphatic rings. The second kappa shape index (κ2) is 5.05. The normalized spacial score (nSPS) is 13.3. The topological polar surface area (TPSA) is 60.2 Å². The number of pyridine rings is 1. The first-order valence-electron chi connectivity index (χ1n) is 6.40. The van der Waals surface area contributed by atoms with E-state index in [1.165, 1.54) is 0 Å². The molecular formula is C15H21N3O. The lowest BCUT2D eigenvalue weighted by atomic mass is 9.96. The Hall–Kier alpha value is -1.81. The number of hydrogen-bond acceptors (Lipinski definition) is 4. The molecule has 19 heavy (non-hydrogen) atoms. The van der Waals surface area contributed by atoms with Gasteiger partial charge in [-0.2, -0.15) is 0 Å². The highest BCUT2D eigenvalue weighted by Crippen LogP contribution is 2.27. The summed E-state index contributed by atoms with van der Waals surface area (Å²) in [6.07, 6.45) is 1.80. The quantitative estimate of drug-likeness (QED) is 0.886. The molecule has 1 atom stereocenters. The summed E-state index contributed by atoms with van der Waals surface area (Å²) in [6, 6.07) is 7.96. The number of rotatable bonds is 4. The first kappa shape index (κ1) is 13.6. The van der Waals surface area contributed by atoms with E-state index in [4.69, 9.17) is 10.5 Å². The van der Waals surface area contributed by atoms with Gasteiger partial charge in [0, 0.05) is 23.2 Å². The van der Waals surface area contributed by atoms with Crippen LogP contribution < -0.4 is 15.8 Å². The monoisotopic (exact) mass is 259 g/mol. The number of nitrogens with zero attached hydrogens (tertiary/aromatic N) is 1. The summed E-state index contributed by atoms with van der Waals surface area (Å²) < 4.78 is 5.27. The maximum atomic E-state index is 6.00. The van der Waals surface area contributed by atoms with Gasteiger partial charge in [0.2, 0.25) is 0 Å². The van der Waals surface area contributed by atoms with Crippen molar-refractivity contribution in [3.63, 3.8) is 0 Å². The minimum Gasteiger partial charge on any atom is -0.497 e. The number of nitrogens with one attached hydrogen (secondary N) is 1. The molecule has 1 aromatic heterocycles. The van der Waals surface area contributed by atoms with Gasteiger partial charge in [0.05, 0.1) is 7.11 Å². The maximum Gasteiger partial charge on any atom is 0.134 e. The van der Waals surface area contributed by atoms with Crippen LogP contribution in [0.5, 0.6) is 5.75 Å². The van der Waals surface area contributed by atoms with Crippen molar-refractivity contribution in [2.75, 3.05) is 12.4 Å². The van der Waals surface area contributed by atoms with Gasteiger partial charge in [-0.1, -0.05) is 6.07 Å². The van der Waals surface area contributed by atoms with Gasteiger partial charge < -0.3 is 15.8 Å². The third-order valence-electron chi connectivity index (χ3n) is 3.55. The highest BCUT2D eigenvalue weighted by atomic mass is 16.5. The molecule has 0 radical (unpaired) electrons. The highest BCUT2D eigenvalue weighted by molar-refractivity contribution is 5.93. The van der Waals surface area contributed by atoms with Crippen molar-refractivity contribution >= 4 is 16.6 Å². The molecule has 4 heteroatoms. The summed E-state index contributed by atoms with van der Waals surface area (Å²) in [5, 5.41) is 5.58. The Kier molecular flexibility index (Phi) is 3.62. The highest BCUT2D eigenvalue weighted by Gasteiger charge is 2.23. The van der Waals surface area contributed by atoms with Crippen molar-refractivity contribution in [1.29, 1.82) is 0 Å². The van der Waals surface area contributed by atoms with Gasteiger partial charge in [0.15, 0.2) is 0 Å². The van der Waals surface area contributed by atoms with Gasteiger partial charge in [0.1, 0.15) is 11.6 Å². The smallest absolute Gasteiger partial charge is 0.134 e. The zero-order valence-electron chi connectivity index (χ0n) is 11.9. The zero-order valence-corrected chi connectivity index (χ0v) is 11.9. The van der Waals surface area contributed by atoms with E-state index in [1.54, 1.807) is 13.3 Å². The van der Waals surface area contributed by atoms with Gasteiger partial charge in [0.25, 0.3) is 0 Å². The van der Waals surface area contributed by atoms with Gasteiger partial charge in [-0.25, -0.2) is 4.98 Å². The SMILES string of the molecule is COc1ccc2ccnc(NC(C)(C)C(C)N)c2c1. The van der Waals surface area contributed by atoms with Crippen LogP contribution in [0.4, 0.5) is 5.82 Å². The molecule has 0 fully saturated rings. The predicted octanol–water partition coefficient (Wildman–Crippen LogP) is 2.78. The zero-order chi connectivity index (χ0) is 14.0. The Bertz CT molecular complexity index is 579. The van der Waals surface area contributed by atoms with E-state index in [0.29, 0.717) is 0 Å². The van der Waals surface area contributed by atoms with Crippen LogP contribution in [-0.4, -0.2) is 23.7 Å². The van der Waals surface area contributed by atoms with E-state index >= 15 is 0 Å². The number of aromatic nitrogens is 1. The largest absolute Gasteiger partial charge is 0.497 e. The molecule has 0 aliphatic carbocycles. The van der Waals surface area contributed by atoms with Crippen LogP contribution in [0.1, 0.15) is 20.8 Å². The van der Waals surface area contributed by atoms with Crippen molar-refractivity contribution in [2.24, 2.45) is 5.73 Å². The molecule has 0 saturated heterocycles. The standard InChI is InChI=1S/C15H21N3O/c1-10(16)15(2,3)18-14-13-9-12(19-4)6-5-11(13)7-8-17-14/h5-10H,16H2,1-4H3,(H,17,18). The number of nitrogens with two attached hydrogens (primary N) is 1. The van der Waals surface area contributed by atoms with E-state index < -0.39 is 0 Å². The first-order valence-corrected chi connectivity index (χ1v) is 6.40. The molecule has 0 amide bonds. The lowest BCUT2D eigenvalue weighted by Gasteiger charge is -2.31. The molecule has 2 rings (SSSR count). The minimum absolute atomic E-state index is 0.00941. The van der Waals surface area contributed by atoms with Crippen molar-refractivity contribution < 1.29 is 4.74 Å². The molecular weight excluding hydrogens is 238 g/mol. The molecule has 4 nitrogen and oxygen atoms in total. The Morgan fingerprint density at radius 2 is 2.05 bits per heavy atom. The van der Waals surface area contributed by atoms with Crippen molar-refractivity contribution in [2.45, 2.75) is 32.4 Å². The van der Waals surface area contributed by atoms with Crippen LogP contribution >= 0.6 is 0 Å². The predicted molar refractivity (Wildman–Crippen MR) is 79.6 cm³/mol. The fraction of sp³-hybridized carbons (Fsp3) is 0.400. The van der Waals surface area contributed by atoms with Crippen LogP contribution in [0.15, 0.2) is 30.5 Å². The summed E-state index contributed by atoms with van der Waals surface area (Å²) in [5.41, 5.74) is 5.77. The Morgan fingerprint density at radius 3 is 2.68 bits per heavy atom. The molecule has 3 N–H and O–H groups in total. The number of anilines is 1. The van der Waals surface area contributed by atoms with E-state index in [0.717, 1.165) is 22.3 Å². The lowest BCUT2D eigenvalue weighted by Crippen LogP contribution is -2.47. The average Bonchev–Trinajstić information content (AvgIpc) is 2.38. The van der Waals surface area contributed by atoms with E-state index in [9.17, 15) is 0 Å². The fourth-order valence-corrected chi connectivity index (χ4v) is 1.79. The second-order valence-corrected chi connectivity index (χ2v) is 5.38. The minimum atomic E-state index is -0.232. The average molecular weight is 259 g/mol. The van der Waals surface area contributed by atoms with Crippen molar-refractivity contribution in [3.05, 3.63) is 30.5 Å². The van der Waals surface area contributed by atoms with E-state index in [2.05, 4.69) is 24.1 Å².